The molecule has 8 heteroatoms. The van der Waals surface area contributed by atoms with E-state index >= 15 is 0 Å². The van der Waals surface area contributed by atoms with Gasteiger partial charge in [-0.1, -0.05) is 54.1 Å². The van der Waals surface area contributed by atoms with E-state index in [4.69, 9.17) is 16.3 Å². The lowest BCUT2D eigenvalue weighted by molar-refractivity contribution is -0.124. The van der Waals surface area contributed by atoms with Gasteiger partial charge < -0.3 is 10.1 Å². The minimum absolute atomic E-state index is 0.0554. The zero-order valence-electron chi connectivity index (χ0n) is 17.6. The number of carbonyl (C=O) groups excluding carboxylic acids is 4. The van der Waals surface area contributed by atoms with Crippen molar-refractivity contribution in [3.05, 3.63) is 100 Å². The molecule has 166 valence electrons. The van der Waals surface area contributed by atoms with E-state index in [0.29, 0.717) is 0 Å². The van der Waals surface area contributed by atoms with Crippen molar-refractivity contribution in [2.45, 2.75) is 13.0 Å². The smallest absolute Gasteiger partial charge is 0.338 e. The van der Waals surface area contributed by atoms with Crippen LogP contribution in [0.5, 0.6) is 0 Å². The summed E-state index contributed by atoms with van der Waals surface area (Å²) in [5, 5.41) is 3.00. The normalized spacial score (nSPS) is 13.5. The summed E-state index contributed by atoms with van der Waals surface area (Å²) in [6.07, 6.45) is 0. The Bertz CT molecular complexity index is 1260. The second-order valence-corrected chi connectivity index (χ2v) is 7.84. The Morgan fingerprint density at radius 3 is 2.33 bits per heavy atom. The third-order valence-electron chi connectivity index (χ3n) is 5.23. The van der Waals surface area contributed by atoms with Crippen molar-refractivity contribution < 1.29 is 23.9 Å². The first kappa shape index (κ1) is 22.2. The number of anilines is 1. The highest BCUT2D eigenvalue weighted by molar-refractivity contribution is 6.39. The van der Waals surface area contributed by atoms with Crippen LogP contribution in [0, 0.1) is 0 Å². The van der Waals surface area contributed by atoms with Crippen LogP contribution in [0.15, 0.2) is 72.8 Å². The van der Waals surface area contributed by atoms with Crippen molar-refractivity contribution in [1.82, 2.24) is 5.32 Å². The lowest BCUT2D eigenvalue weighted by Gasteiger charge is -2.15. The molecular formula is C25H19ClN2O5. The average molecular weight is 463 g/mol. The number of halogens is 1. The van der Waals surface area contributed by atoms with Crippen LogP contribution in [0.3, 0.4) is 0 Å². The van der Waals surface area contributed by atoms with Gasteiger partial charge in [0, 0.05) is 0 Å². The first-order valence-electron chi connectivity index (χ1n) is 10.2. The van der Waals surface area contributed by atoms with Crippen molar-refractivity contribution in [3.8, 4) is 0 Å². The maximum absolute atomic E-state index is 12.9. The summed E-state index contributed by atoms with van der Waals surface area (Å²) in [7, 11) is 0. The number of esters is 1. The summed E-state index contributed by atoms with van der Waals surface area (Å²) in [6.45, 7) is 1.34. The van der Waals surface area contributed by atoms with Crippen LogP contribution in [0.1, 0.15) is 49.6 Å². The molecule has 0 spiro atoms. The summed E-state index contributed by atoms with van der Waals surface area (Å²) in [5.74, 6) is -2.36. The van der Waals surface area contributed by atoms with E-state index in [9.17, 15) is 19.2 Å². The van der Waals surface area contributed by atoms with Crippen molar-refractivity contribution in [3.63, 3.8) is 0 Å². The largest absolute Gasteiger partial charge is 0.452 e. The third kappa shape index (κ3) is 4.49. The molecule has 3 amide bonds. The molecule has 1 unspecified atom stereocenters. The Labute approximate surface area is 194 Å². The number of nitrogens with one attached hydrogen (secondary N) is 1. The monoisotopic (exact) mass is 462 g/mol. The molecule has 3 aromatic carbocycles. The molecule has 4 rings (SSSR count). The Kier molecular flexibility index (Phi) is 6.24. The lowest BCUT2D eigenvalue weighted by Crippen LogP contribution is -2.31. The van der Waals surface area contributed by atoms with E-state index in [1.807, 2.05) is 37.3 Å². The van der Waals surface area contributed by atoms with Crippen LogP contribution >= 0.6 is 11.6 Å². The molecule has 0 aromatic heterocycles. The minimum atomic E-state index is -0.781. The van der Waals surface area contributed by atoms with Crippen LogP contribution in [-0.4, -0.2) is 30.3 Å². The zero-order valence-corrected chi connectivity index (χ0v) is 18.3. The Morgan fingerprint density at radius 2 is 1.61 bits per heavy atom. The molecule has 0 bridgehead atoms. The molecule has 1 heterocycles. The van der Waals surface area contributed by atoms with Gasteiger partial charge in [-0.15, -0.1) is 0 Å². The van der Waals surface area contributed by atoms with Crippen molar-refractivity contribution >= 4 is 41.0 Å². The molecule has 7 nitrogen and oxygen atoms in total. The number of carbonyl (C=O) groups is 4. The van der Waals surface area contributed by atoms with Crippen LogP contribution in [0.2, 0.25) is 5.02 Å². The number of nitrogens with zero attached hydrogens (tertiary/aromatic N) is 1. The predicted molar refractivity (Wildman–Crippen MR) is 122 cm³/mol. The molecule has 1 aliphatic rings. The fraction of sp³-hybridized carbons (Fsp3) is 0.120. The summed E-state index contributed by atoms with van der Waals surface area (Å²) in [5.41, 5.74) is 1.46. The molecule has 1 N–H and O–H groups in total. The van der Waals surface area contributed by atoms with E-state index in [0.717, 1.165) is 10.5 Å². The first-order valence-corrected chi connectivity index (χ1v) is 10.5. The number of hydrogen-bond donors (Lipinski definition) is 1. The van der Waals surface area contributed by atoms with Gasteiger partial charge in [-0.05, 0) is 42.8 Å². The van der Waals surface area contributed by atoms with Gasteiger partial charge in [0.2, 0.25) is 0 Å². The number of fused-ring (bicyclic) bond motifs is 1. The van der Waals surface area contributed by atoms with Gasteiger partial charge in [0.25, 0.3) is 17.7 Å². The molecule has 1 aliphatic heterocycles. The summed E-state index contributed by atoms with van der Waals surface area (Å²) in [6, 6.07) is 19.7. The van der Waals surface area contributed by atoms with Crippen LogP contribution in [-0.2, 0) is 9.53 Å². The lowest BCUT2D eigenvalue weighted by atomic mass is 10.1. The molecule has 3 aromatic rings. The predicted octanol–water partition coefficient (Wildman–Crippen LogP) is 4.17. The maximum atomic E-state index is 12.9. The standard InChI is InChI=1S/C25H19ClN2O5/c1-15(16-7-3-2-4-8-16)27-22(29)14-33-25(32)17-11-12-18-19(13-17)24(31)28(23(18)30)21-10-6-5-9-20(21)26/h2-13,15H,14H2,1H3,(H,27,29). The van der Waals surface area contributed by atoms with Crippen molar-refractivity contribution in [1.29, 1.82) is 0 Å². The average Bonchev–Trinajstić information content (AvgIpc) is 3.07. The number of imide groups is 1. The number of amides is 3. The molecule has 0 saturated carbocycles. The molecule has 1 atom stereocenters. The molecule has 0 aliphatic carbocycles. The Hall–Kier alpha value is -3.97. The van der Waals surface area contributed by atoms with E-state index in [1.54, 1.807) is 24.3 Å². The van der Waals surface area contributed by atoms with Gasteiger partial charge in [0.1, 0.15) is 0 Å². The van der Waals surface area contributed by atoms with Gasteiger partial charge in [0.05, 0.1) is 33.4 Å². The molecular weight excluding hydrogens is 444 g/mol. The number of rotatable bonds is 6. The highest BCUT2D eigenvalue weighted by Gasteiger charge is 2.38. The Balaban J connectivity index is 1.43. The molecule has 0 radical (unpaired) electrons. The quantitative estimate of drug-likeness (QED) is 0.438. The van der Waals surface area contributed by atoms with E-state index in [1.165, 1.54) is 18.2 Å². The van der Waals surface area contributed by atoms with E-state index in [2.05, 4.69) is 5.32 Å². The summed E-state index contributed by atoms with van der Waals surface area (Å²) < 4.78 is 5.10. The summed E-state index contributed by atoms with van der Waals surface area (Å²) >= 11 is 6.15. The van der Waals surface area contributed by atoms with E-state index in [-0.39, 0.29) is 33.4 Å². The fourth-order valence-electron chi connectivity index (χ4n) is 3.54. The fourth-order valence-corrected chi connectivity index (χ4v) is 3.76. The highest BCUT2D eigenvalue weighted by Crippen LogP contribution is 2.33. The third-order valence-corrected chi connectivity index (χ3v) is 5.55. The maximum Gasteiger partial charge on any atom is 0.338 e. The van der Waals surface area contributed by atoms with Gasteiger partial charge in [-0.2, -0.15) is 0 Å². The molecule has 0 saturated heterocycles. The number of para-hydroxylation sites is 1. The van der Waals surface area contributed by atoms with Gasteiger partial charge in [0.15, 0.2) is 6.61 Å². The van der Waals surface area contributed by atoms with Gasteiger partial charge in [-0.3, -0.25) is 14.4 Å². The first-order chi connectivity index (χ1) is 15.9. The van der Waals surface area contributed by atoms with Gasteiger partial charge in [-0.25, -0.2) is 9.69 Å². The number of benzene rings is 3. The number of ether oxygens (including phenoxy) is 1. The Morgan fingerprint density at radius 1 is 0.939 bits per heavy atom. The minimum Gasteiger partial charge on any atom is -0.452 e. The second kappa shape index (κ2) is 9.26. The highest BCUT2D eigenvalue weighted by atomic mass is 35.5. The summed E-state index contributed by atoms with van der Waals surface area (Å²) in [4.78, 5) is 51.2. The van der Waals surface area contributed by atoms with Crippen LogP contribution in [0.25, 0.3) is 0 Å². The second-order valence-electron chi connectivity index (χ2n) is 7.43. The van der Waals surface area contributed by atoms with Crippen LogP contribution in [0.4, 0.5) is 5.69 Å². The molecule has 0 fully saturated rings. The van der Waals surface area contributed by atoms with Crippen LogP contribution < -0.4 is 10.2 Å². The molecule has 33 heavy (non-hydrogen) atoms. The topological polar surface area (TPSA) is 92.8 Å². The van der Waals surface area contributed by atoms with Gasteiger partial charge >= 0.3 is 5.97 Å². The zero-order chi connectivity index (χ0) is 23.5. The van der Waals surface area contributed by atoms with E-state index < -0.39 is 30.3 Å². The SMILES string of the molecule is CC(NC(=O)COC(=O)c1ccc2c(c1)C(=O)N(c1ccccc1Cl)C2=O)c1ccccc1. The number of hydrogen-bond acceptors (Lipinski definition) is 5. The van der Waals surface area contributed by atoms with Crippen molar-refractivity contribution in [2.75, 3.05) is 11.5 Å². The van der Waals surface area contributed by atoms with Crippen molar-refractivity contribution in [2.24, 2.45) is 0 Å².